The van der Waals surface area contributed by atoms with Gasteiger partial charge in [-0.05, 0) is 12.3 Å². The number of fused-ring (bicyclic) bond motifs is 2. The highest BCUT2D eigenvalue weighted by atomic mass is 16.3. The average molecular weight is 125 g/mol. The summed E-state index contributed by atoms with van der Waals surface area (Å²) in [6.07, 6.45) is 5.02. The second-order valence-electron chi connectivity index (χ2n) is 3.02. The van der Waals surface area contributed by atoms with E-state index in [0.717, 1.165) is 6.42 Å². The lowest BCUT2D eigenvalue weighted by molar-refractivity contribution is 0.130. The summed E-state index contributed by atoms with van der Waals surface area (Å²) >= 11 is 0. The van der Waals surface area contributed by atoms with Crippen molar-refractivity contribution in [3.05, 3.63) is 12.2 Å². The van der Waals surface area contributed by atoms with Gasteiger partial charge in [-0.15, -0.1) is 0 Å². The highest BCUT2D eigenvalue weighted by Crippen LogP contribution is 2.37. The van der Waals surface area contributed by atoms with E-state index in [9.17, 15) is 5.11 Å². The lowest BCUT2D eigenvalue weighted by atomic mass is 10.0. The molecule has 2 rings (SSSR count). The van der Waals surface area contributed by atoms with Crippen LogP contribution in [0.5, 0.6) is 0 Å². The molecule has 2 aliphatic carbocycles. The fourth-order valence-corrected chi connectivity index (χ4v) is 1.83. The molecule has 0 aromatic heterocycles. The lowest BCUT2D eigenvalue weighted by Gasteiger charge is -2.18. The highest BCUT2D eigenvalue weighted by molar-refractivity contribution is 5.15. The van der Waals surface area contributed by atoms with Gasteiger partial charge < -0.3 is 10.8 Å². The van der Waals surface area contributed by atoms with E-state index in [2.05, 4.69) is 12.2 Å². The first-order chi connectivity index (χ1) is 4.29. The van der Waals surface area contributed by atoms with Crippen molar-refractivity contribution >= 4 is 0 Å². The quantitative estimate of drug-likeness (QED) is 0.443. The number of hydrogen-bond acceptors (Lipinski definition) is 2. The van der Waals surface area contributed by atoms with Gasteiger partial charge in [0.15, 0.2) is 0 Å². The molecular formula is C7H11NO. The molecule has 1 saturated carbocycles. The van der Waals surface area contributed by atoms with Crippen LogP contribution in [-0.2, 0) is 0 Å². The van der Waals surface area contributed by atoms with Gasteiger partial charge in [-0.3, -0.25) is 0 Å². The molecule has 0 radical (unpaired) electrons. The molecule has 2 aliphatic rings. The SMILES string of the molecule is N[C@@H]1[C@H](O)[C@@H]2C=C[C@H]1C2. The normalized spacial score (nSPS) is 54.9. The van der Waals surface area contributed by atoms with Gasteiger partial charge in [0.2, 0.25) is 0 Å². The molecule has 2 heteroatoms. The molecule has 0 spiro atoms. The average Bonchev–Trinajstić information content (AvgIpc) is 2.37. The molecule has 0 aromatic carbocycles. The van der Waals surface area contributed by atoms with Crippen molar-refractivity contribution in [2.75, 3.05) is 0 Å². The Hall–Kier alpha value is -0.340. The number of aliphatic hydroxyl groups excluding tert-OH is 1. The Morgan fingerprint density at radius 2 is 2.00 bits per heavy atom. The maximum Gasteiger partial charge on any atom is 0.0759 e. The third-order valence-corrected chi connectivity index (χ3v) is 2.48. The third kappa shape index (κ3) is 0.575. The first-order valence-electron chi connectivity index (χ1n) is 3.41. The zero-order chi connectivity index (χ0) is 6.43. The van der Waals surface area contributed by atoms with Crippen LogP contribution in [0.2, 0.25) is 0 Å². The van der Waals surface area contributed by atoms with Crippen molar-refractivity contribution in [1.82, 2.24) is 0 Å². The Bertz CT molecular complexity index is 139. The van der Waals surface area contributed by atoms with Crippen LogP contribution in [0.4, 0.5) is 0 Å². The van der Waals surface area contributed by atoms with E-state index < -0.39 is 0 Å². The van der Waals surface area contributed by atoms with Gasteiger partial charge in [0, 0.05) is 12.0 Å². The number of hydrogen-bond donors (Lipinski definition) is 2. The van der Waals surface area contributed by atoms with E-state index in [4.69, 9.17) is 5.73 Å². The monoisotopic (exact) mass is 125 g/mol. The zero-order valence-corrected chi connectivity index (χ0v) is 5.20. The Balaban J connectivity index is 2.26. The third-order valence-electron chi connectivity index (χ3n) is 2.48. The Kier molecular flexibility index (Phi) is 0.957. The van der Waals surface area contributed by atoms with Crippen molar-refractivity contribution in [1.29, 1.82) is 0 Å². The fourth-order valence-electron chi connectivity index (χ4n) is 1.83. The maximum atomic E-state index is 9.31. The summed E-state index contributed by atoms with van der Waals surface area (Å²) in [5.74, 6) is 0.829. The molecule has 0 amide bonds. The molecule has 2 bridgehead atoms. The second-order valence-corrected chi connectivity index (χ2v) is 3.02. The van der Waals surface area contributed by atoms with E-state index >= 15 is 0 Å². The summed E-state index contributed by atoms with van der Waals surface area (Å²) in [4.78, 5) is 0. The lowest BCUT2D eigenvalue weighted by Crippen LogP contribution is -2.37. The number of aliphatic hydroxyl groups is 1. The van der Waals surface area contributed by atoms with E-state index in [1.807, 2.05) is 0 Å². The first-order valence-corrected chi connectivity index (χ1v) is 3.41. The van der Waals surface area contributed by atoms with Gasteiger partial charge in [0.25, 0.3) is 0 Å². The molecular weight excluding hydrogens is 114 g/mol. The predicted molar refractivity (Wildman–Crippen MR) is 34.7 cm³/mol. The summed E-state index contributed by atoms with van der Waals surface area (Å²) in [5, 5.41) is 9.31. The van der Waals surface area contributed by atoms with Crippen molar-refractivity contribution in [3.8, 4) is 0 Å². The standard InChI is InChI=1S/C7H11NO/c8-6-4-1-2-5(3-4)7(6)9/h1-2,4-7,9H,3,8H2/t4-,5+,6-,7+/m0/s1. The largest absolute Gasteiger partial charge is 0.391 e. The summed E-state index contributed by atoms with van der Waals surface area (Å²) in [5.41, 5.74) is 5.66. The van der Waals surface area contributed by atoms with Gasteiger partial charge in [0.1, 0.15) is 0 Å². The minimum Gasteiger partial charge on any atom is -0.391 e. The fraction of sp³-hybridized carbons (Fsp3) is 0.714. The Morgan fingerprint density at radius 3 is 2.33 bits per heavy atom. The van der Waals surface area contributed by atoms with Crippen LogP contribution in [0.15, 0.2) is 12.2 Å². The van der Waals surface area contributed by atoms with E-state index in [1.54, 1.807) is 0 Å². The smallest absolute Gasteiger partial charge is 0.0759 e. The van der Waals surface area contributed by atoms with Crippen molar-refractivity contribution in [2.45, 2.75) is 18.6 Å². The molecule has 0 unspecified atom stereocenters. The van der Waals surface area contributed by atoms with E-state index in [0.29, 0.717) is 11.8 Å². The van der Waals surface area contributed by atoms with Crippen LogP contribution in [0.1, 0.15) is 6.42 Å². The van der Waals surface area contributed by atoms with Crippen LogP contribution >= 0.6 is 0 Å². The van der Waals surface area contributed by atoms with E-state index in [1.165, 1.54) is 0 Å². The summed E-state index contributed by atoms with van der Waals surface area (Å²) in [6, 6.07) is 0.0139. The second kappa shape index (κ2) is 1.58. The van der Waals surface area contributed by atoms with Gasteiger partial charge >= 0.3 is 0 Å². The van der Waals surface area contributed by atoms with Gasteiger partial charge in [-0.25, -0.2) is 0 Å². The van der Waals surface area contributed by atoms with Gasteiger partial charge in [-0.1, -0.05) is 12.2 Å². The van der Waals surface area contributed by atoms with Crippen LogP contribution < -0.4 is 5.73 Å². The molecule has 4 atom stereocenters. The topological polar surface area (TPSA) is 46.2 Å². The zero-order valence-electron chi connectivity index (χ0n) is 5.20. The van der Waals surface area contributed by atoms with Crippen LogP contribution in [0.3, 0.4) is 0 Å². The Labute approximate surface area is 54.4 Å². The van der Waals surface area contributed by atoms with Crippen molar-refractivity contribution < 1.29 is 5.11 Å². The molecule has 0 saturated heterocycles. The van der Waals surface area contributed by atoms with Crippen LogP contribution in [-0.4, -0.2) is 17.3 Å². The Morgan fingerprint density at radius 1 is 1.33 bits per heavy atom. The number of nitrogens with two attached hydrogens (primary N) is 1. The maximum absolute atomic E-state index is 9.31. The summed E-state index contributed by atoms with van der Waals surface area (Å²) in [6.45, 7) is 0. The molecule has 50 valence electrons. The predicted octanol–water partition coefficient (Wildman–Crippen LogP) is -0.120. The van der Waals surface area contributed by atoms with Crippen molar-refractivity contribution in [3.63, 3.8) is 0 Å². The first kappa shape index (κ1) is 5.45. The molecule has 0 aromatic rings. The minimum absolute atomic E-state index is 0.0139. The highest BCUT2D eigenvalue weighted by Gasteiger charge is 2.41. The van der Waals surface area contributed by atoms with E-state index in [-0.39, 0.29) is 12.1 Å². The van der Waals surface area contributed by atoms with Crippen molar-refractivity contribution in [2.24, 2.45) is 17.6 Å². The molecule has 9 heavy (non-hydrogen) atoms. The molecule has 1 fully saturated rings. The van der Waals surface area contributed by atoms with Crippen LogP contribution in [0, 0.1) is 11.8 Å². The van der Waals surface area contributed by atoms with Gasteiger partial charge in [0.05, 0.1) is 6.10 Å². The van der Waals surface area contributed by atoms with Gasteiger partial charge in [-0.2, -0.15) is 0 Å². The molecule has 2 nitrogen and oxygen atoms in total. The molecule has 0 aliphatic heterocycles. The number of rotatable bonds is 0. The van der Waals surface area contributed by atoms with Crippen LogP contribution in [0.25, 0.3) is 0 Å². The minimum atomic E-state index is -0.264. The summed E-state index contributed by atoms with van der Waals surface area (Å²) in [7, 11) is 0. The molecule has 3 N–H and O–H groups in total. The molecule has 0 heterocycles. The summed E-state index contributed by atoms with van der Waals surface area (Å²) < 4.78 is 0.